The fourth-order valence-corrected chi connectivity index (χ4v) is 1.99. The van der Waals surface area contributed by atoms with Gasteiger partial charge in [0.15, 0.2) is 0 Å². The number of hydrogen-bond acceptors (Lipinski definition) is 3. The summed E-state index contributed by atoms with van der Waals surface area (Å²) in [5.74, 6) is 0.866. The molecule has 2 aromatic carbocycles. The summed E-state index contributed by atoms with van der Waals surface area (Å²) in [6.45, 7) is 1.98. The standard InChI is InChI=1S/C16H15ClN2O/c17-16-10-13(11-18)6-7-14(16)12-19-8-9-20-15-4-2-1-3-5-15/h1-7,10,19H,8-9,12H2. The first-order valence-electron chi connectivity index (χ1n) is 6.36. The van der Waals surface area contributed by atoms with E-state index in [1.807, 2.05) is 36.4 Å². The van der Waals surface area contributed by atoms with Crippen molar-refractivity contribution in [2.75, 3.05) is 13.2 Å². The molecular weight excluding hydrogens is 272 g/mol. The highest BCUT2D eigenvalue weighted by atomic mass is 35.5. The highest BCUT2D eigenvalue weighted by molar-refractivity contribution is 6.31. The molecule has 0 aromatic heterocycles. The van der Waals surface area contributed by atoms with Gasteiger partial charge in [-0.25, -0.2) is 0 Å². The highest BCUT2D eigenvalue weighted by Gasteiger charge is 2.01. The van der Waals surface area contributed by atoms with Crippen LogP contribution in [0.3, 0.4) is 0 Å². The molecule has 4 heteroatoms. The first-order chi connectivity index (χ1) is 9.79. The Labute approximate surface area is 123 Å². The van der Waals surface area contributed by atoms with Gasteiger partial charge in [-0.15, -0.1) is 0 Å². The van der Waals surface area contributed by atoms with Crippen LogP contribution in [-0.2, 0) is 6.54 Å². The van der Waals surface area contributed by atoms with Crippen molar-refractivity contribution in [3.8, 4) is 11.8 Å². The van der Waals surface area contributed by atoms with Crippen LogP contribution in [0.2, 0.25) is 5.02 Å². The molecule has 0 amide bonds. The maximum atomic E-state index is 8.77. The number of para-hydroxylation sites is 1. The minimum absolute atomic E-state index is 0.575. The van der Waals surface area contributed by atoms with Crippen LogP contribution >= 0.6 is 11.6 Å². The average Bonchev–Trinajstić information content (AvgIpc) is 2.49. The first kappa shape index (κ1) is 14.4. The van der Waals surface area contributed by atoms with E-state index in [-0.39, 0.29) is 0 Å². The maximum Gasteiger partial charge on any atom is 0.119 e. The number of ether oxygens (including phenoxy) is 1. The Morgan fingerprint density at radius 1 is 1.15 bits per heavy atom. The predicted octanol–water partition coefficient (Wildman–Crippen LogP) is 3.38. The topological polar surface area (TPSA) is 45.0 Å². The van der Waals surface area contributed by atoms with Crippen LogP contribution in [0.25, 0.3) is 0 Å². The monoisotopic (exact) mass is 286 g/mol. The van der Waals surface area contributed by atoms with Crippen LogP contribution < -0.4 is 10.1 Å². The van der Waals surface area contributed by atoms with Crippen LogP contribution in [0.1, 0.15) is 11.1 Å². The van der Waals surface area contributed by atoms with Gasteiger partial charge in [0.05, 0.1) is 11.6 Å². The third kappa shape index (κ3) is 4.27. The van der Waals surface area contributed by atoms with Crippen molar-refractivity contribution in [2.24, 2.45) is 0 Å². The van der Waals surface area contributed by atoms with E-state index in [0.717, 1.165) is 17.9 Å². The van der Waals surface area contributed by atoms with E-state index < -0.39 is 0 Å². The largest absolute Gasteiger partial charge is 0.492 e. The quantitative estimate of drug-likeness (QED) is 0.828. The van der Waals surface area contributed by atoms with Crippen LogP contribution in [-0.4, -0.2) is 13.2 Å². The minimum atomic E-state index is 0.575. The van der Waals surface area contributed by atoms with E-state index in [1.54, 1.807) is 12.1 Å². The van der Waals surface area contributed by atoms with Gasteiger partial charge in [-0.05, 0) is 29.8 Å². The minimum Gasteiger partial charge on any atom is -0.492 e. The molecule has 2 aromatic rings. The third-order valence-corrected chi connectivity index (χ3v) is 3.14. The Balaban J connectivity index is 1.72. The van der Waals surface area contributed by atoms with Gasteiger partial charge in [-0.3, -0.25) is 0 Å². The molecule has 0 aliphatic carbocycles. The number of hydrogen-bond donors (Lipinski definition) is 1. The normalized spacial score (nSPS) is 10.0. The molecule has 0 saturated carbocycles. The Bertz CT molecular complexity index is 593. The lowest BCUT2D eigenvalue weighted by molar-refractivity contribution is 0.313. The summed E-state index contributed by atoms with van der Waals surface area (Å²) >= 11 is 6.09. The number of halogens is 1. The summed E-state index contributed by atoms with van der Waals surface area (Å²) in [4.78, 5) is 0. The summed E-state index contributed by atoms with van der Waals surface area (Å²) in [5.41, 5.74) is 1.55. The van der Waals surface area contributed by atoms with Crippen molar-refractivity contribution in [3.05, 3.63) is 64.7 Å². The second-order valence-electron chi connectivity index (χ2n) is 4.26. The van der Waals surface area contributed by atoms with Crippen molar-refractivity contribution in [2.45, 2.75) is 6.54 Å². The van der Waals surface area contributed by atoms with Crippen LogP contribution in [0, 0.1) is 11.3 Å². The zero-order valence-corrected chi connectivity index (χ0v) is 11.7. The Kier molecular flexibility index (Phi) is 5.43. The van der Waals surface area contributed by atoms with Gasteiger partial charge in [-0.2, -0.15) is 5.26 Å². The van der Waals surface area contributed by atoms with Gasteiger partial charge in [0.1, 0.15) is 12.4 Å². The average molecular weight is 287 g/mol. The number of nitrogens with zero attached hydrogens (tertiary/aromatic N) is 1. The van der Waals surface area contributed by atoms with Crippen LogP contribution in [0.15, 0.2) is 48.5 Å². The maximum absolute atomic E-state index is 8.77. The third-order valence-electron chi connectivity index (χ3n) is 2.79. The van der Waals surface area contributed by atoms with E-state index >= 15 is 0 Å². The smallest absolute Gasteiger partial charge is 0.119 e. The van der Waals surface area contributed by atoms with Crippen molar-refractivity contribution >= 4 is 11.6 Å². The molecule has 0 aliphatic heterocycles. The SMILES string of the molecule is N#Cc1ccc(CNCCOc2ccccc2)c(Cl)c1. The molecule has 3 nitrogen and oxygen atoms in total. The summed E-state index contributed by atoms with van der Waals surface area (Å²) in [6.07, 6.45) is 0. The molecule has 0 bridgehead atoms. The first-order valence-corrected chi connectivity index (χ1v) is 6.74. The number of nitrogens with one attached hydrogen (secondary N) is 1. The zero-order valence-electron chi connectivity index (χ0n) is 11.0. The van der Waals surface area contributed by atoms with Crippen molar-refractivity contribution < 1.29 is 4.74 Å². The molecular formula is C16H15ClN2O. The van der Waals surface area contributed by atoms with Crippen molar-refractivity contribution in [1.82, 2.24) is 5.32 Å². The van der Waals surface area contributed by atoms with Crippen molar-refractivity contribution in [1.29, 1.82) is 5.26 Å². The Hall–Kier alpha value is -2.02. The molecule has 2 rings (SSSR count). The Morgan fingerprint density at radius 3 is 2.65 bits per heavy atom. The zero-order chi connectivity index (χ0) is 14.2. The molecule has 0 aliphatic rings. The summed E-state index contributed by atoms with van der Waals surface area (Å²) < 4.78 is 5.57. The van der Waals surface area contributed by atoms with Crippen LogP contribution in [0.5, 0.6) is 5.75 Å². The van der Waals surface area contributed by atoms with E-state index in [4.69, 9.17) is 21.6 Å². The molecule has 0 radical (unpaired) electrons. The molecule has 0 saturated heterocycles. The van der Waals surface area contributed by atoms with Gasteiger partial charge in [-0.1, -0.05) is 35.9 Å². The molecule has 0 heterocycles. The van der Waals surface area contributed by atoms with E-state index in [1.165, 1.54) is 0 Å². The molecule has 0 atom stereocenters. The summed E-state index contributed by atoms with van der Waals surface area (Å²) in [5, 5.41) is 12.6. The van der Waals surface area contributed by atoms with Gasteiger partial charge in [0.25, 0.3) is 0 Å². The molecule has 102 valence electrons. The lowest BCUT2D eigenvalue weighted by atomic mass is 10.1. The van der Waals surface area contributed by atoms with Gasteiger partial charge < -0.3 is 10.1 Å². The Morgan fingerprint density at radius 2 is 1.95 bits per heavy atom. The summed E-state index contributed by atoms with van der Waals surface area (Å²) in [7, 11) is 0. The number of benzene rings is 2. The van der Waals surface area contributed by atoms with Crippen LogP contribution in [0.4, 0.5) is 0 Å². The van der Waals surface area contributed by atoms with Crippen molar-refractivity contribution in [3.63, 3.8) is 0 Å². The molecule has 20 heavy (non-hydrogen) atoms. The molecule has 0 spiro atoms. The van der Waals surface area contributed by atoms with Gasteiger partial charge in [0, 0.05) is 18.1 Å². The lowest BCUT2D eigenvalue weighted by Crippen LogP contribution is -2.20. The lowest BCUT2D eigenvalue weighted by Gasteiger charge is -2.08. The second kappa shape index (κ2) is 7.54. The highest BCUT2D eigenvalue weighted by Crippen LogP contribution is 2.17. The fourth-order valence-electron chi connectivity index (χ4n) is 1.74. The molecule has 0 unspecified atom stereocenters. The van der Waals surface area contributed by atoms with E-state index in [9.17, 15) is 0 Å². The van der Waals surface area contributed by atoms with Gasteiger partial charge in [0.2, 0.25) is 0 Å². The summed E-state index contributed by atoms with van der Waals surface area (Å²) in [6, 6.07) is 17.1. The van der Waals surface area contributed by atoms with E-state index in [0.29, 0.717) is 23.7 Å². The van der Waals surface area contributed by atoms with E-state index in [2.05, 4.69) is 11.4 Å². The fraction of sp³-hybridized carbons (Fsp3) is 0.188. The predicted molar refractivity (Wildman–Crippen MR) is 79.8 cm³/mol. The number of rotatable bonds is 6. The molecule has 0 fully saturated rings. The molecule has 1 N–H and O–H groups in total. The second-order valence-corrected chi connectivity index (χ2v) is 4.66. The number of nitriles is 1. The van der Waals surface area contributed by atoms with Gasteiger partial charge >= 0.3 is 0 Å².